The lowest BCUT2D eigenvalue weighted by Gasteiger charge is -2.06. The molecule has 13 heavy (non-hydrogen) atoms. The zero-order valence-electron chi connectivity index (χ0n) is 7.46. The van der Waals surface area contributed by atoms with Gasteiger partial charge < -0.3 is 16.0 Å². The second kappa shape index (κ2) is 2.97. The highest BCUT2D eigenvalue weighted by Gasteiger charge is 2.01. The summed E-state index contributed by atoms with van der Waals surface area (Å²) in [6.07, 6.45) is 1.67. The summed E-state index contributed by atoms with van der Waals surface area (Å²) in [5, 5.41) is 3.18. The Bertz CT molecular complexity index is 418. The third kappa shape index (κ3) is 1.30. The first-order valence-electron chi connectivity index (χ1n) is 4.27. The summed E-state index contributed by atoms with van der Waals surface area (Å²) in [4.78, 5) is 7.16. The molecule has 0 unspecified atom stereocenters. The second-order valence-corrected chi connectivity index (χ2v) is 2.89. The fourth-order valence-electron chi connectivity index (χ4n) is 1.34. The first kappa shape index (κ1) is 7.91. The van der Waals surface area contributed by atoms with E-state index in [-0.39, 0.29) is 0 Å². The van der Waals surface area contributed by atoms with Crippen molar-refractivity contribution in [3.63, 3.8) is 0 Å². The molecule has 0 aliphatic carbocycles. The van der Waals surface area contributed by atoms with Gasteiger partial charge in [-0.2, -0.15) is 0 Å². The molecule has 1 aromatic carbocycles. The molecule has 1 aromatic heterocycles. The van der Waals surface area contributed by atoms with Crippen LogP contribution < -0.4 is 11.1 Å². The molecule has 4 heteroatoms. The maximum atomic E-state index is 5.82. The number of nitrogen functional groups attached to an aromatic ring is 1. The van der Waals surface area contributed by atoms with Gasteiger partial charge in [-0.15, -0.1) is 0 Å². The van der Waals surface area contributed by atoms with Crippen LogP contribution in [0.3, 0.4) is 0 Å². The molecular weight excluding hydrogens is 164 g/mol. The van der Waals surface area contributed by atoms with E-state index in [9.17, 15) is 0 Å². The molecule has 0 fully saturated rings. The van der Waals surface area contributed by atoms with Crippen molar-refractivity contribution in [1.82, 2.24) is 9.97 Å². The molecule has 4 N–H and O–H groups in total. The molecule has 0 saturated heterocycles. The fraction of sp³-hybridized carbons (Fsp3) is 0.222. The third-order valence-corrected chi connectivity index (χ3v) is 1.96. The van der Waals surface area contributed by atoms with Crippen molar-refractivity contribution in [2.24, 2.45) is 0 Å². The maximum Gasteiger partial charge on any atom is 0.0931 e. The van der Waals surface area contributed by atoms with Gasteiger partial charge in [0.15, 0.2) is 0 Å². The van der Waals surface area contributed by atoms with Crippen LogP contribution in [0.15, 0.2) is 18.5 Å². The summed E-state index contributed by atoms with van der Waals surface area (Å²) < 4.78 is 0. The number of hydrogen-bond acceptors (Lipinski definition) is 3. The van der Waals surface area contributed by atoms with Crippen LogP contribution in [-0.2, 0) is 0 Å². The molecule has 0 aliphatic rings. The predicted octanol–water partition coefficient (Wildman–Crippen LogP) is 1.58. The second-order valence-electron chi connectivity index (χ2n) is 2.89. The fourth-order valence-corrected chi connectivity index (χ4v) is 1.34. The predicted molar refractivity (Wildman–Crippen MR) is 54.7 cm³/mol. The summed E-state index contributed by atoms with van der Waals surface area (Å²) in [5.41, 5.74) is 9.42. The molecular formula is C9H12N4. The number of nitrogens with two attached hydrogens (primary N) is 1. The number of nitrogens with one attached hydrogen (secondary N) is 2. The zero-order chi connectivity index (χ0) is 9.26. The van der Waals surface area contributed by atoms with Crippen molar-refractivity contribution in [1.29, 1.82) is 0 Å². The van der Waals surface area contributed by atoms with Crippen molar-refractivity contribution < 1.29 is 0 Å². The SMILES string of the molecule is CCNc1cc2nc[nH]c2cc1N. The van der Waals surface area contributed by atoms with Crippen molar-refractivity contribution >= 4 is 22.4 Å². The third-order valence-electron chi connectivity index (χ3n) is 1.96. The van der Waals surface area contributed by atoms with Gasteiger partial charge in [-0.3, -0.25) is 0 Å². The Morgan fingerprint density at radius 2 is 2.38 bits per heavy atom. The highest BCUT2D eigenvalue weighted by Crippen LogP contribution is 2.23. The van der Waals surface area contributed by atoms with E-state index in [0.29, 0.717) is 0 Å². The number of rotatable bonds is 2. The van der Waals surface area contributed by atoms with E-state index < -0.39 is 0 Å². The van der Waals surface area contributed by atoms with E-state index >= 15 is 0 Å². The Hall–Kier alpha value is -1.71. The minimum atomic E-state index is 0.749. The Morgan fingerprint density at radius 3 is 3.15 bits per heavy atom. The maximum absolute atomic E-state index is 5.82. The van der Waals surface area contributed by atoms with Gasteiger partial charge in [0, 0.05) is 6.54 Å². The van der Waals surface area contributed by atoms with Crippen molar-refractivity contribution in [3.8, 4) is 0 Å². The van der Waals surface area contributed by atoms with Crippen molar-refractivity contribution in [3.05, 3.63) is 18.5 Å². The zero-order valence-corrected chi connectivity index (χ0v) is 7.46. The number of aromatic amines is 1. The van der Waals surface area contributed by atoms with Crippen LogP contribution in [0.2, 0.25) is 0 Å². The summed E-state index contributed by atoms with van der Waals surface area (Å²) in [6, 6.07) is 3.84. The number of benzene rings is 1. The van der Waals surface area contributed by atoms with E-state index in [1.807, 2.05) is 19.1 Å². The van der Waals surface area contributed by atoms with Crippen molar-refractivity contribution in [2.45, 2.75) is 6.92 Å². The van der Waals surface area contributed by atoms with Crippen molar-refractivity contribution in [2.75, 3.05) is 17.6 Å². The minimum absolute atomic E-state index is 0.749. The van der Waals surface area contributed by atoms with E-state index in [1.165, 1.54) is 0 Å². The Morgan fingerprint density at radius 1 is 1.54 bits per heavy atom. The molecule has 0 radical (unpaired) electrons. The van der Waals surface area contributed by atoms with Crippen LogP contribution in [0, 0.1) is 0 Å². The molecule has 0 atom stereocenters. The van der Waals surface area contributed by atoms with Crippen LogP contribution >= 0.6 is 0 Å². The lowest BCUT2D eigenvalue weighted by atomic mass is 10.2. The molecule has 0 saturated carbocycles. The Labute approximate surface area is 76.2 Å². The molecule has 0 aliphatic heterocycles. The molecule has 1 heterocycles. The Balaban J connectivity index is 2.56. The average Bonchev–Trinajstić information content (AvgIpc) is 2.52. The summed E-state index contributed by atoms with van der Waals surface area (Å²) in [5.74, 6) is 0. The lowest BCUT2D eigenvalue weighted by molar-refractivity contribution is 1.22. The molecule has 2 aromatic rings. The molecule has 0 amide bonds. The number of fused-ring (bicyclic) bond motifs is 1. The van der Waals surface area contributed by atoms with Gasteiger partial charge in [-0.25, -0.2) is 4.98 Å². The molecule has 0 bridgehead atoms. The standard InChI is InChI=1S/C9H12N4/c1-2-11-7-4-9-8(3-6(7)10)12-5-13-9/h3-5,11H,2,10H2,1H3,(H,12,13). The largest absolute Gasteiger partial charge is 0.397 e. The van der Waals surface area contributed by atoms with Gasteiger partial charge in [-0.05, 0) is 19.1 Å². The smallest absolute Gasteiger partial charge is 0.0931 e. The number of anilines is 2. The summed E-state index contributed by atoms with van der Waals surface area (Å²) in [6.45, 7) is 2.90. The number of aromatic nitrogens is 2. The molecule has 2 rings (SSSR count). The normalized spacial score (nSPS) is 10.5. The number of H-pyrrole nitrogens is 1. The molecule has 4 nitrogen and oxygen atoms in total. The molecule has 0 spiro atoms. The van der Waals surface area contributed by atoms with Crippen LogP contribution in [0.5, 0.6) is 0 Å². The first-order chi connectivity index (χ1) is 6.31. The quantitative estimate of drug-likeness (QED) is 0.608. The minimum Gasteiger partial charge on any atom is -0.397 e. The summed E-state index contributed by atoms with van der Waals surface area (Å²) in [7, 11) is 0. The summed E-state index contributed by atoms with van der Waals surface area (Å²) >= 11 is 0. The first-order valence-corrected chi connectivity index (χ1v) is 4.27. The average molecular weight is 176 g/mol. The molecule has 68 valence electrons. The van der Waals surface area contributed by atoms with Gasteiger partial charge in [0.1, 0.15) is 0 Å². The van der Waals surface area contributed by atoms with E-state index in [0.717, 1.165) is 29.0 Å². The van der Waals surface area contributed by atoms with Gasteiger partial charge in [0.2, 0.25) is 0 Å². The van der Waals surface area contributed by atoms with Crippen LogP contribution in [0.25, 0.3) is 11.0 Å². The van der Waals surface area contributed by atoms with E-state index in [4.69, 9.17) is 5.73 Å². The van der Waals surface area contributed by atoms with E-state index in [2.05, 4.69) is 15.3 Å². The van der Waals surface area contributed by atoms with Crippen LogP contribution in [0.1, 0.15) is 6.92 Å². The van der Waals surface area contributed by atoms with Crippen LogP contribution in [0.4, 0.5) is 11.4 Å². The van der Waals surface area contributed by atoms with Gasteiger partial charge in [-0.1, -0.05) is 0 Å². The lowest BCUT2D eigenvalue weighted by Crippen LogP contribution is -2.00. The topological polar surface area (TPSA) is 66.7 Å². The number of imidazole rings is 1. The number of nitrogens with zero attached hydrogens (tertiary/aromatic N) is 1. The monoisotopic (exact) mass is 176 g/mol. The van der Waals surface area contributed by atoms with Crippen LogP contribution in [-0.4, -0.2) is 16.5 Å². The highest BCUT2D eigenvalue weighted by molar-refractivity contribution is 5.86. The van der Waals surface area contributed by atoms with E-state index in [1.54, 1.807) is 6.33 Å². The highest BCUT2D eigenvalue weighted by atomic mass is 14.9. The Kier molecular flexibility index (Phi) is 1.81. The number of hydrogen-bond donors (Lipinski definition) is 3. The van der Waals surface area contributed by atoms with Gasteiger partial charge in [0.05, 0.1) is 28.7 Å². The van der Waals surface area contributed by atoms with Gasteiger partial charge in [0.25, 0.3) is 0 Å². The van der Waals surface area contributed by atoms with Gasteiger partial charge >= 0.3 is 0 Å².